The maximum absolute atomic E-state index is 11.8. The largest absolute Gasteiger partial charge is 0.295 e. The summed E-state index contributed by atoms with van der Waals surface area (Å²) in [5.41, 5.74) is 1.90. The Labute approximate surface area is 94.7 Å². The minimum Gasteiger partial charge on any atom is -0.295 e. The molecule has 16 heavy (non-hydrogen) atoms. The molecule has 1 aliphatic rings. The van der Waals surface area contributed by atoms with Gasteiger partial charge in [0.15, 0.2) is 15.6 Å². The highest BCUT2D eigenvalue weighted by atomic mass is 32.2. The van der Waals surface area contributed by atoms with E-state index in [1.54, 1.807) is 12.1 Å². The number of allylic oxidation sites excluding steroid dienone is 1. The molecule has 1 aromatic rings. The van der Waals surface area contributed by atoms with Crippen LogP contribution in [0.2, 0.25) is 0 Å². The van der Waals surface area contributed by atoms with E-state index < -0.39 is 9.84 Å². The van der Waals surface area contributed by atoms with Gasteiger partial charge in [0, 0.05) is 5.56 Å². The Morgan fingerprint density at radius 3 is 2.69 bits per heavy atom. The molecule has 0 saturated heterocycles. The molecule has 0 spiro atoms. The van der Waals surface area contributed by atoms with E-state index in [0.717, 1.165) is 5.57 Å². The summed E-state index contributed by atoms with van der Waals surface area (Å²) in [6, 6.07) is 4.77. The SMILES string of the molecule is C=C1CCS(=O)(=O)c2cc(C(C)=O)ccc21. The second-order valence-corrected chi connectivity index (χ2v) is 6.02. The van der Waals surface area contributed by atoms with Gasteiger partial charge in [0.25, 0.3) is 0 Å². The van der Waals surface area contributed by atoms with Crippen molar-refractivity contribution in [3.05, 3.63) is 35.9 Å². The molecule has 0 fully saturated rings. The maximum Gasteiger partial charge on any atom is 0.179 e. The van der Waals surface area contributed by atoms with E-state index in [9.17, 15) is 13.2 Å². The third-order valence-corrected chi connectivity index (χ3v) is 4.53. The Balaban J connectivity index is 2.72. The molecular formula is C12H12O3S. The summed E-state index contributed by atoms with van der Waals surface area (Å²) < 4.78 is 23.7. The molecule has 0 atom stereocenters. The van der Waals surface area contributed by atoms with Crippen LogP contribution in [0.15, 0.2) is 29.7 Å². The molecule has 0 amide bonds. The fraction of sp³-hybridized carbons (Fsp3) is 0.250. The van der Waals surface area contributed by atoms with Gasteiger partial charge >= 0.3 is 0 Å². The Morgan fingerprint density at radius 2 is 2.06 bits per heavy atom. The summed E-state index contributed by atoms with van der Waals surface area (Å²) in [6.45, 7) is 5.27. The van der Waals surface area contributed by atoms with Crippen molar-refractivity contribution < 1.29 is 13.2 Å². The zero-order valence-electron chi connectivity index (χ0n) is 8.99. The van der Waals surface area contributed by atoms with Crippen LogP contribution in [0.5, 0.6) is 0 Å². The molecule has 1 aliphatic heterocycles. The van der Waals surface area contributed by atoms with Gasteiger partial charge in [-0.1, -0.05) is 18.7 Å². The van der Waals surface area contributed by atoms with E-state index in [2.05, 4.69) is 6.58 Å². The molecule has 2 rings (SSSR count). The smallest absolute Gasteiger partial charge is 0.179 e. The van der Waals surface area contributed by atoms with Gasteiger partial charge in [0.1, 0.15) is 0 Å². The quantitative estimate of drug-likeness (QED) is 0.701. The van der Waals surface area contributed by atoms with Crippen LogP contribution < -0.4 is 0 Å². The Bertz CT molecular complexity index is 582. The number of hydrogen-bond acceptors (Lipinski definition) is 3. The van der Waals surface area contributed by atoms with E-state index in [4.69, 9.17) is 0 Å². The molecule has 0 bridgehead atoms. The maximum atomic E-state index is 11.8. The minimum atomic E-state index is -3.24. The van der Waals surface area contributed by atoms with Crippen LogP contribution in [0.1, 0.15) is 29.3 Å². The molecule has 3 nitrogen and oxygen atoms in total. The second kappa shape index (κ2) is 3.56. The number of rotatable bonds is 1. The summed E-state index contributed by atoms with van der Waals surface area (Å²) in [6.07, 6.45) is 0.467. The standard InChI is InChI=1S/C12H12O3S/c1-8-5-6-16(14,15)12-7-10(9(2)13)3-4-11(8)12/h3-4,7H,1,5-6H2,2H3. The molecule has 4 heteroatoms. The van der Waals surface area contributed by atoms with E-state index in [-0.39, 0.29) is 16.4 Å². The molecule has 1 heterocycles. The average Bonchev–Trinajstić information content (AvgIpc) is 2.23. The summed E-state index contributed by atoms with van der Waals surface area (Å²) in [4.78, 5) is 11.5. The lowest BCUT2D eigenvalue weighted by molar-refractivity contribution is 0.101. The van der Waals surface area contributed by atoms with Gasteiger partial charge in [-0.2, -0.15) is 0 Å². The Hall–Kier alpha value is -1.42. The van der Waals surface area contributed by atoms with Gasteiger partial charge < -0.3 is 0 Å². The number of benzene rings is 1. The monoisotopic (exact) mass is 236 g/mol. The average molecular weight is 236 g/mol. The topological polar surface area (TPSA) is 51.2 Å². The third kappa shape index (κ3) is 1.69. The summed E-state index contributed by atoms with van der Waals surface area (Å²) in [5, 5.41) is 0. The first kappa shape index (κ1) is 11.1. The number of fused-ring (bicyclic) bond motifs is 1. The van der Waals surface area contributed by atoms with E-state index in [1.165, 1.54) is 13.0 Å². The van der Waals surface area contributed by atoms with Gasteiger partial charge in [0.05, 0.1) is 10.6 Å². The molecule has 0 N–H and O–H groups in total. The third-order valence-electron chi connectivity index (χ3n) is 2.78. The first-order valence-electron chi connectivity index (χ1n) is 4.98. The van der Waals surface area contributed by atoms with Crippen molar-refractivity contribution >= 4 is 21.2 Å². The highest BCUT2D eigenvalue weighted by Crippen LogP contribution is 2.32. The van der Waals surface area contributed by atoms with E-state index in [0.29, 0.717) is 17.5 Å². The highest BCUT2D eigenvalue weighted by molar-refractivity contribution is 7.91. The lowest BCUT2D eigenvalue weighted by atomic mass is 10.0. The fourth-order valence-electron chi connectivity index (χ4n) is 1.79. The van der Waals surface area contributed by atoms with Crippen LogP contribution in [-0.4, -0.2) is 20.0 Å². The first-order chi connectivity index (χ1) is 7.42. The molecular weight excluding hydrogens is 224 g/mol. The van der Waals surface area contributed by atoms with Crippen LogP contribution in [0.4, 0.5) is 0 Å². The second-order valence-electron chi connectivity index (χ2n) is 3.94. The van der Waals surface area contributed by atoms with Crippen molar-refractivity contribution in [2.24, 2.45) is 0 Å². The van der Waals surface area contributed by atoms with Gasteiger partial charge in [-0.05, 0) is 30.5 Å². The normalized spacial score (nSPS) is 17.9. The van der Waals surface area contributed by atoms with Crippen molar-refractivity contribution in [3.8, 4) is 0 Å². The molecule has 0 aromatic heterocycles. The Kier molecular flexibility index (Phi) is 2.46. The van der Waals surface area contributed by atoms with E-state index in [1.807, 2.05) is 0 Å². The summed E-state index contributed by atoms with van der Waals surface area (Å²) in [7, 11) is -3.24. The van der Waals surface area contributed by atoms with Crippen LogP contribution in [-0.2, 0) is 9.84 Å². The van der Waals surface area contributed by atoms with Crippen LogP contribution in [0.3, 0.4) is 0 Å². The van der Waals surface area contributed by atoms with Crippen LogP contribution in [0, 0.1) is 0 Å². The van der Waals surface area contributed by atoms with Gasteiger partial charge in [0.2, 0.25) is 0 Å². The van der Waals surface area contributed by atoms with Gasteiger partial charge in [-0.3, -0.25) is 4.79 Å². The molecule has 0 radical (unpaired) electrons. The highest BCUT2D eigenvalue weighted by Gasteiger charge is 2.26. The lowest BCUT2D eigenvalue weighted by Crippen LogP contribution is -2.15. The molecule has 0 saturated carbocycles. The van der Waals surface area contributed by atoms with Crippen molar-refractivity contribution in [2.75, 3.05) is 5.75 Å². The summed E-state index contributed by atoms with van der Waals surface area (Å²) in [5.74, 6) is -0.0469. The molecule has 84 valence electrons. The molecule has 1 aromatic carbocycles. The predicted octanol–water partition coefficient (Wildman–Crippen LogP) is 2.08. The fourth-order valence-corrected chi connectivity index (χ4v) is 3.38. The number of sulfone groups is 1. The van der Waals surface area contributed by atoms with Crippen molar-refractivity contribution in [1.82, 2.24) is 0 Å². The predicted molar refractivity (Wildman–Crippen MR) is 62.2 cm³/mol. The van der Waals surface area contributed by atoms with Crippen LogP contribution in [0.25, 0.3) is 5.57 Å². The van der Waals surface area contributed by atoms with Crippen molar-refractivity contribution in [1.29, 1.82) is 0 Å². The molecule has 0 aliphatic carbocycles. The number of carbonyl (C=O) groups excluding carboxylic acids is 1. The van der Waals surface area contributed by atoms with E-state index >= 15 is 0 Å². The van der Waals surface area contributed by atoms with Gasteiger partial charge in [-0.25, -0.2) is 8.42 Å². The number of hydrogen-bond donors (Lipinski definition) is 0. The van der Waals surface area contributed by atoms with Crippen molar-refractivity contribution in [2.45, 2.75) is 18.2 Å². The lowest BCUT2D eigenvalue weighted by Gasteiger charge is -2.18. The first-order valence-corrected chi connectivity index (χ1v) is 6.63. The minimum absolute atomic E-state index is 0.0835. The van der Waals surface area contributed by atoms with Crippen molar-refractivity contribution in [3.63, 3.8) is 0 Å². The number of ketones is 1. The molecule has 0 unspecified atom stereocenters. The zero-order valence-corrected chi connectivity index (χ0v) is 9.80. The number of Topliss-reactive ketones (excluding diaryl/α,β-unsaturated/α-hetero) is 1. The number of carbonyl (C=O) groups is 1. The van der Waals surface area contributed by atoms with Gasteiger partial charge in [-0.15, -0.1) is 0 Å². The summed E-state index contributed by atoms with van der Waals surface area (Å²) >= 11 is 0. The zero-order chi connectivity index (χ0) is 11.9. The van der Waals surface area contributed by atoms with Crippen LogP contribution >= 0.6 is 0 Å². The Morgan fingerprint density at radius 1 is 1.38 bits per heavy atom.